The Morgan fingerprint density at radius 2 is 1.87 bits per heavy atom. The Morgan fingerprint density at radius 3 is 2.55 bits per heavy atom. The number of pyridine rings is 1. The molecule has 166 valence electrons. The number of aromatic nitrogens is 1. The van der Waals surface area contributed by atoms with Crippen LogP contribution < -0.4 is 15.5 Å². The van der Waals surface area contributed by atoms with Crippen LogP contribution in [0.2, 0.25) is 5.02 Å². The Balaban J connectivity index is 1.35. The smallest absolute Gasteiger partial charge is 0.170 e. The standard InChI is InChI=1S/C24H32ClN5S/c1-29-12-14-30(15-13-29)22-9-8-21(17-26-22)28-23(31)27-18-24(10-3-2-4-11-24)19-6-5-7-20(25)16-19/h5-9,16-17H,2-4,10-15,18H2,1H3,(H2,27,28,31). The monoisotopic (exact) mass is 457 g/mol. The van der Waals surface area contributed by atoms with Gasteiger partial charge in [-0.05, 0) is 61.9 Å². The fraction of sp³-hybridized carbons (Fsp3) is 0.500. The number of likely N-dealkylation sites (N-methyl/N-ethyl adjacent to an activating group) is 1. The molecule has 31 heavy (non-hydrogen) atoms. The Bertz CT molecular complexity index is 874. The van der Waals surface area contributed by atoms with Gasteiger partial charge in [0.1, 0.15) is 5.82 Å². The molecule has 1 aliphatic heterocycles. The lowest BCUT2D eigenvalue weighted by molar-refractivity contribution is 0.292. The van der Waals surface area contributed by atoms with Gasteiger partial charge < -0.3 is 20.4 Å². The third-order valence-electron chi connectivity index (χ3n) is 6.67. The van der Waals surface area contributed by atoms with Gasteiger partial charge in [-0.25, -0.2) is 4.98 Å². The van der Waals surface area contributed by atoms with Gasteiger partial charge >= 0.3 is 0 Å². The molecule has 2 heterocycles. The van der Waals surface area contributed by atoms with E-state index >= 15 is 0 Å². The summed E-state index contributed by atoms with van der Waals surface area (Å²) in [7, 11) is 2.16. The summed E-state index contributed by atoms with van der Waals surface area (Å²) < 4.78 is 0. The molecular weight excluding hydrogens is 426 g/mol. The number of nitrogens with one attached hydrogen (secondary N) is 2. The van der Waals surface area contributed by atoms with Crippen LogP contribution in [-0.4, -0.2) is 54.8 Å². The van der Waals surface area contributed by atoms with Gasteiger partial charge in [0.2, 0.25) is 0 Å². The fourth-order valence-corrected chi connectivity index (χ4v) is 5.10. The number of benzene rings is 1. The first kappa shape index (κ1) is 22.3. The molecule has 0 bridgehead atoms. The summed E-state index contributed by atoms with van der Waals surface area (Å²) in [5, 5.41) is 8.22. The van der Waals surface area contributed by atoms with E-state index in [2.05, 4.69) is 62.8 Å². The molecule has 1 saturated heterocycles. The van der Waals surface area contributed by atoms with Gasteiger partial charge in [-0.2, -0.15) is 0 Å². The number of anilines is 2. The summed E-state index contributed by atoms with van der Waals surface area (Å²) in [6.07, 6.45) is 7.97. The van der Waals surface area contributed by atoms with Crippen LogP contribution >= 0.6 is 23.8 Å². The summed E-state index contributed by atoms with van der Waals surface area (Å²) in [5.41, 5.74) is 2.31. The minimum absolute atomic E-state index is 0.0818. The molecule has 0 radical (unpaired) electrons. The lowest BCUT2D eigenvalue weighted by atomic mass is 9.69. The maximum Gasteiger partial charge on any atom is 0.170 e. The predicted octanol–water partition coefficient (Wildman–Crippen LogP) is 4.68. The number of hydrogen-bond donors (Lipinski definition) is 2. The number of hydrogen-bond acceptors (Lipinski definition) is 4. The highest BCUT2D eigenvalue weighted by atomic mass is 35.5. The van der Waals surface area contributed by atoms with Crippen molar-refractivity contribution >= 4 is 40.4 Å². The molecule has 1 aromatic heterocycles. The molecule has 2 aromatic rings. The van der Waals surface area contributed by atoms with Crippen molar-refractivity contribution in [2.45, 2.75) is 37.5 Å². The number of piperazine rings is 1. The van der Waals surface area contributed by atoms with Gasteiger partial charge in [0, 0.05) is 43.2 Å². The van der Waals surface area contributed by atoms with Crippen LogP contribution in [0.5, 0.6) is 0 Å². The number of rotatable bonds is 5. The first-order chi connectivity index (χ1) is 15.0. The van der Waals surface area contributed by atoms with E-state index in [1.165, 1.54) is 24.8 Å². The van der Waals surface area contributed by atoms with Crippen molar-refractivity contribution in [3.63, 3.8) is 0 Å². The molecule has 1 aliphatic carbocycles. The maximum absolute atomic E-state index is 6.30. The zero-order valence-electron chi connectivity index (χ0n) is 18.2. The third-order valence-corrected chi connectivity index (χ3v) is 7.15. The van der Waals surface area contributed by atoms with E-state index in [0.29, 0.717) is 5.11 Å². The van der Waals surface area contributed by atoms with Crippen LogP contribution in [-0.2, 0) is 5.41 Å². The second kappa shape index (κ2) is 10.2. The quantitative estimate of drug-likeness (QED) is 0.636. The normalized spacial score (nSPS) is 19.1. The first-order valence-electron chi connectivity index (χ1n) is 11.2. The highest BCUT2D eigenvalue weighted by Crippen LogP contribution is 2.39. The maximum atomic E-state index is 6.30. The second-order valence-electron chi connectivity index (χ2n) is 8.85. The minimum atomic E-state index is 0.0818. The van der Waals surface area contributed by atoms with E-state index in [9.17, 15) is 0 Å². The zero-order valence-corrected chi connectivity index (χ0v) is 19.8. The molecule has 0 atom stereocenters. The van der Waals surface area contributed by atoms with Gasteiger partial charge in [-0.3, -0.25) is 0 Å². The van der Waals surface area contributed by atoms with Gasteiger partial charge in [0.15, 0.2) is 5.11 Å². The Hall–Kier alpha value is -1.89. The molecule has 1 saturated carbocycles. The molecule has 2 N–H and O–H groups in total. The van der Waals surface area contributed by atoms with E-state index in [4.69, 9.17) is 23.8 Å². The second-order valence-corrected chi connectivity index (χ2v) is 9.70. The van der Waals surface area contributed by atoms with E-state index in [0.717, 1.165) is 62.1 Å². The molecule has 0 spiro atoms. The van der Waals surface area contributed by atoms with Crippen molar-refractivity contribution in [3.8, 4) is 0 Å². The highest BCUT2D eigenvalue weighted by molar-refractivity contribution is 7.80. The molecule has 4 rings (SSSR count). The molecule has 0 amide bonds. The summed E-state index contributed by atoms with van der Waals surface area (Å²) in [6, 6.07) is 12.5. The topological polar surface area (TPSA) is 43.4 Å². The SMILES string of the molecule is CN1CCN(c2ccc(NC(=S)NCC3(c4cccc(Cl)c4)CCCCC3)cn2)CC1. The molecule has 2 aliphatic rings. The zero-order chi connectivity index (χ0) is 21.7. The summed E-state index contributed by atoms with van der Waals surface area (Å²) in [4.78, 5) is 9.32. The molecule has 0 unspecified atom stereocenters. The third kappa shape index (κ3) is 5.68. The molecular formula is C24H32ClN5S. The predicted molar refractivity (Wildman–Crippen MR) is 134 cm³/mol. The van der Waals surface area contributed by atoms with E-state index < -0.39 is 0 Å². The largest absolute Gasteiger partial charge is 0.362 e. The van der Waals surface area contributed by atoms with Crippen molar-refractivity contribution in [3.05, 3.63) is 53.2 Å². The van der Waals surface area contributed by atoms with E-state index in [1.807, 2.05) is 12.3 Å². The average molecular weight is 458 g/mol. The molecule has 1 aromatic carbocycles. The van der Waals surface area contributed by atoms with Crippen molar-refractivity contribution < 1.29 is 0 Å². The summed E-state index contributed by atoms with van der Waals surface area (Å²) in [6.45, 7) is 4.99. The highest BCUT2D eigenvalue weighted by Gasteiger charge is 2.34. The summed E-state index contributed by atoms with van der Waals surface area (Å²) >= 11 is 11.9. The number of nitrogens with zero attached hydrogens (tertiary/aromatic N) is 3. The van der Waals surface area contributed by atoms with Crippen LogP contribution in [0.4, 0.5) is 11.5 Å². The van der Waals surface area contributed by atoms with Gasteiger partial charge in [0.05, 0.1) is 11.9 Å². The minimum Gasteiger partial charge on any atom is -0.362 e. The van der Waals surface area contributed by atoms with Crippen LogP contribution in [0, 0.1) is 0 Å². The van der Waals surface area contributed by atoms with Crippen molar-refractivity contribution in [1.82, 2.24) is 15.2 Å². The van der Waals surface area contributed by atoms with E-state index in [1.54, 1.807) is 0 Å². The van der Waals surface area contributed by atoms with Crippen molar-refractivity contribution in [2.24, 2.45) is 0 Å². The van der Waals surface area contributed by atoms with Crippen LogP contribution in [0.3, 0.4) is 0 Å². The Labute approximate surface area is 196 Å². The van der Waals surface area contributed by atoms with Gasteiger partial charge in [0.25, 0.3) is 0 Å². The first-order valence-corrected chi connectivity index (χ1v) is 12.0. The van der Waals surface area contributed by atoms with Crippen LogP contribution in [0.1, 0.15) is 37.7 Å². The van der Waals surface area contributed by atoms with Gasteiger partial charge in [-0.1, -0.05) is 43.0 Å². The van der Waals surface area contributed by atoms with Crippen molar-refractivity contribution in [2.75, 3.05) is 50.0 Å². The average Bonchev–Trinajstić information content (AvgIpc) is 2.79. The van der Waals surface area contributed by atoms with Crippen LogP contribution in [0.15, 0.2) is 42.6 Å². The lowest BCUT2D eigenvalue weighted by Crippen LogP contribution is -2.44. The Morgan fingerprint density at radius 1 is 1.10 bits per heavy atom. The summed E-state index contributed by atoms with van der Waals surface area (Å²) in [5.74, 6) is 1.03. The molecule has 2 fully saturated rings. The Kier molecular flexibility index (Phi) is 7.31. The lowest BCUT2D eigenvalue weighted by Gasteiger charge is -2.38. The van der Waals surface area contributed by atoms with Gasteiger partial charge in [-0.15, -0.1) is 0 Å². The number of halogens is 1. The number of thiocarbonyl (C=S) groups is 1. The fourth-order valence-electron chi connectivity index (χ4n) is 4.72. The van der Waals surface area contributed by atoms with E-state index in [-0.39, 0.29) is 5.41 Å². The van der Waals surface area contributed by atoms with Crippen molar-refractivity contribution in [1.29, 1.82) is 0 Å². The van der Waals surface area contributed by atoms with Crippen LogP contribution in [0.25, 0.3) is 0 Å². The molecule has 5 nitrogen and oxygen atoms in total. The molecule has 7 heteroatoms.